The Labute approximate surface area is 147 Å². The largest absolute Gasteiger partial charge is 0.348 e. The Kier molecular flexibility index (Phi) is 4.67. The summed E-state index contributed by atoms with van der Waals surface area (Å²) in [6.45, 7) is 3.87. The van der Waals surface area contributed by atoms with Gasteiger partial charge in [-0.2, -0.15) is 0 Å². The van der Waals surface area contributed by atoms with Crippen molar-refractivity contribution in [3.63, 3.8) is 0 Å². The van der Waals surface area contributed by atoms with E-state index in [1.165, 1.54) is 18.2 Å². The molecule has 0 bridgehead atoms. The molecule has 0 spiro atoms. The van der Waals surface area contributed by atoms with E-state index in [2.05, 4.69) is 21.4 Å². The van der Waals surface area contributed by atoms with Crippen molar-refractivity contribution in [1.82, 2.24) is 9.29 Å². The van der Waals surface area contributed by atoms with Crippen LogP contribution in [0.15, 0.2) is 47.4 Å². The second-order valence-electron chi connectivity index (χ2n) is 6.20. The van der Waals surface area contributed by atoms with E-state index in [0.717, 1.165) is 22.2 Å². The first-order chi connectivity index (χ1) is 11.8. The Bertz CT molecular complexity index is 1040. The molecule has 0 radical (unpaired) electrons. The van der Waals surface area contributed by atoms with Gasteiger partial charge in [0.05, 0.1) is 4.90 Å². The maximum atomic E-state index is 13.3. The van der Waals surface area contributed by atoms with Crippen LogP contribution in [-0.4, -0.2) is 19.5 Å². The molecule has 0 aliphatic carbocycles. The van der Waals surface area contributed by atoms with Gasteiger partial charge in [-0.05, 0) is 55.7 Å². The van der Waals surface area contributed by atoms with Gasteiger partial charge in [-0.15, -0.1) is 0 Å². The molecule has 0 unspecified atom stereocenters. The second kappa shape index (κ2) is 6.61. The molecule has 0 amide bonds. The number of hydrogen-bond donors (Lipinski definition) is 1. The third-order valence-corrected chi connectivity index (χ3v) is 6.10. The molecule has 0 fully saturated rings. The molecule has 0 atom stereocenters. The molecule has 3 aromatic rings. The molecule has 0 saturated heterocycles. The van der Waals surface area contributed by atoms with E-state index >= 15 is 0 Å². The zero-order chi connectivity index (χ0) is 18.2. The maximum Gasteiger partial charge on any atom is 0.240 e. The number of rotatable bonds is 5. The van der Waals surface area contributed by atoms with Crippen LogP contribution in [0.2, 0.25) is 0 Å². The Balaban J connectivity index is 1.79. The quantitative estimate of drug-likeness (QED) is 0.758. The van der Waals surface area contributed by atoms with Crippen molar-refractivity contribution in [2.75, 3.05) is 6.54 Å². The van der Waals surface area contributed by atoms with E-state index in [1.54, 1.807) is 6.92 Å². The summed E-state index contributed by atoms with van der Waals surface area (Å²) in [6, 6.07) is 11.9. The number of halogens is 1. The van der Waals surface area contributed by atoms with Gasteiger partial charge in [0.1, 0.15) is 5.82 Å². The van der Waals surface area contributed by atoms with Gasteiger partial charge in [0, 0.05) is 30.2 Å². The smallest absolute Gasteiger partial charge is 0.240 e. The van der Waals surface area contributed by atoms with Gasteiger partial charge in [-0.3, -0.25) is 0 Å². The minimum absolute atomic E-state index is 0.0843. The van der Waals surface area contributed by atoms with E-state index in [4.69, 9.17) is 0 Å². The summed E-state index contributed by atoms with van der Waals surface area (Å²) >= 11 is 0. The summed E-state index contributed by atoms with van der Waals surface area (Å²) in [4.78, 5) is 0.0843. The predicted molar refractivity (Wildman–Crippen MR) is 97.7 cm³/mol. The van der Waals surface area contributed by atoms with E-state index in [0.29, 0.717) is 12.0 Å². The Morgan fingerprint density at radius 3 is 2.56 bits per heavy atom. The highest BCUT2D eigenvalue weighted by molar-refractivity contribution is 7.89. The molecule has 132 valence electrons. The SMILES string of the molecule is Cc1cc(S(=O)(=O)NCCc2c(C)n(C)c3ccccc23)ccc1F. The average Bonchev–Trinajstić information content (AvgIpc) is 2.82. The van der Waals surface area contributed by atoms with E-state index < -0.39 is 15.8 Å². The third kappa shape index (κ3) is 3.32. The summed E-state index contributed by atoms with van der Waals surface area (Å²) in [5, 5.41) is 1.14. The van der Waals surface area contributed by atoms with Crippen LogP contribution in [0.3, 0.4) is 0 Å². The molecule has 4 nitrogen and oxygen atoms in total. The molecule has 6 heteroatoms. The van der Waals surface area contributed by atoms with Crippen molar-refractivity contribution in [2.45, 2.75) is 25.2 Å². The van der Waals surface area contributed by atoms with Crippen LogP contribution < -0.4 is 4.72 Å². The number of hydrogen-bond acceptors (Lipinski definition) is 2. The van der Waals surface area contributed by atoms with Crippen LogP contribution in [0.25, 0.3) is 10.9 Å². The summed E-state index contributed by atoms with van der Waals surface area (Å²) in [5.41, 5.74) is 3.70. The summed E-state index contributed by atoms with van der Waals surface area (Å²) in [6.07, 6.45) is 0.590. The fourth-order valence-electron chi connectivity index (χ4n) is 3.09. The van der Waals surface area contributed by atoms with E-state index in [9.17, 15) is 12.8 Å². The molecule has 2 aromatic carbocycles. The Morgan fingerprint density at radius 1 is 1.12 bits per heavy atom. The van der Waals surface area contributed by atoms with Crippen molar-refractivity contribution in [3.8, 4) is 0 Å². The number of fused-ring (bicyclic) bond motifs is 1. The first-order valence-electron chi connectivity index (χ1n) is 8.10. The van der Waals surface area contributed by atoms with Crippen LogP contribution in [-0.2, 0) is 23.5 Å². The predicted octanol–water partition coefficient (Wildman–Crippen LogP) is 3.46. The van der Waals surface area contributed by atoms with Crippen molar-refractivity contribution in [3.05, 3.63) is 65.1 Å². The monoisotopic (exact) mass is 360 g/mol. The molecule has 0 saturated carbocycles. The number of sulfonamides is 1. The summed E-state index contributed by atoms with van der Waals surface area (Å²) < 4.78 is 42.9. The maximum absolute atomic E-state index is 13.3. The Hall–Kier alpha value is -2.18. The molecular formula is C19H21FN2O2S. The van der Waals surface area contributed by atoms with E-state index in [-0.39, 0.29) is 11.4 Å². The van der Waals surface area contributed by atoms with Crippen LogP contribution in [0.4, 0.5) is 4.39 Å². The van der Waals surface area contributed by atoms with Crippen molar-refractivity contribution >= 4 is 20.9 Å². The lowest BCUT2D eigenvalue weighted by Gasteiger charge is -2.08. The lowest BCUT2D eigenvalue weighted by molar-refractivity contribution is 0.580. The number of nitrogens with one attached hydrogen (secondary N) is 1. The fraction of sp³-hybridized carbons (Fsp3) is 0.263. The minimum atomic E-state index is -3.65. The fourth-order valence-corrected chi connectivity index (χ4v) is 4.21. The third-order valence-electron chi connectivity index (χ3n) is 4.64. The van der Waals surface area contributed by atoms with Gasteiger partial charge >= 0.3 is 0 Å². The normalized spacial score (nSPS) is 12.0. The first kappa shape index (κ1) is 17.6. The van der Waals surface area contributed by atoms with Gasteiger partial charge in [-0.25, -0.2) is 17.5 Å². The molecular weight excluding hydrogens is 339 g/mol. The van der Waals surface area contributed by atoms with Gasteiger partial charge in [0.25, 0.3) is 0 Å². The van der Waals surface area contributed by atoms with Crippen LogP contribution in [0.5, 0.6) is 0 Å². The van der Waals surface area contributed by atoms with Crippen LogP contribution >= 0.6 is 0 Å². The lowest BCUT2D eigenvalue weighted by Crippen LogP contribution is -2.26. The molecule has 1 N–H and O–H groups in total. The molecule has 3 rings (SSSR count). The molecule has 0 aliphatic heterocycles. The zero-order valence-corrected chi connectivity index (χ0v) is 15.3. The van der Waals surface area contributed by atoms with E-state index in [1.807, 2.05) is 26.1 Å². The van der Waals surface area contributed by atoms with Gasteiger partial charge in [-0.1, -0.05) is 18.2 Å². The number of para-hydroxylation sites is 1. The number of nitrogens with zero attached hydrogens (tertiary/aromatic N) is 1. The number of aromatic nitrogens is 1. The highest BCUT2D eigenvalue weighted by Crippen LogP contribution is 2.25. The standard InChI is InChI=1S/C19H21FN2O2S/c1-13-12-15(8-9-18(13)20)25(23,24)21-11-10-16-14(2)22(3)19-7-5-4-6-17(16)19/h4-9,12,21H,10-11H2,1-3H3. The van der Waals surface area contributed by atoms with Crippen molar-refractivity contribution in [1.29, 1.82) is 0 Å². The molecule has 25 heavy (non-hydrogen) atoms. The number of benzene rings is 2. The lowest BCUT2D eigenvalue weighted by atomic mass is 10.1. The molecule has 1 heterocycles. The summed E-state index contributed by atoms with van der Waals surface area (Å²) in [5.74, 6) is -0.412. The molecule has 1 aromatic heterocycles. The Morgan fingerprint density at radius 2 is 1.84 bits per heavy atom. The highest BCUT2D eigenvalue weighted by Gasteiger charge is 2.16. The van der Waals surface area contributed by atoms with Crippen molar-refractivity contribution < 1.29 is 12.8 Å². The minimum Gasteiger partial charge on any atom is -0.348 e. The summed E-state index contributed by atoms with van der Waals surface area (Å²) in [7, 11) is -1.65. The molecule has 0 aliphatic rings. The second-order valence-corrected chi connectivity index (χ2v) is 7.97. The van der Waals surface area contributed by atoms with Gasteiger partial charge < -0.3 is 4.57 Å². The van der Waals surface area contributed by atoms with Gasteiger partial charge in [0.15, 0.2) is 0 Å². The number of aryl methyl sites for hydroxylation is 2. The first-order valence-corrected chi connectivity index (χ1v) is 9.58. The van der Waals surface area contributed by atoms with Gasteiger partial charge in [0.2, 0.25) is 10.0 Å². The average molecular weight is 360 g/mol. The van der Waals surface area contributed by atoms with Crippen molar-refractivity contribution in [2.24, 2.45) is 7.05 Å². The topological polar surface area (TPSA) is 51.1 Å². The zero-order valence-electron chi connectivity index (χ0n) is 14.5. The van der Waals surface area contributed by atoms with Crippen LogP contribution in [0.1, 0.15) is 16.8 Å². The highest BCUT2D eigenvalue weighted by atomic mass is 32.2. The van der Waals surface area contributed by atoms with Crippen LogP contribution in [0, 0.1) is 19.7 Å².